The lowest BCUT2D eigenvalue weighted by Gasteiger charge is -2.40. The summed E-state index contributed by atoms with van der Waals surface area (Å²) in [7, 11) is 0. The number of alkyl halides is 1. The van der Waals surface area contributed by atoms with E-state index in [1.54, 1.807) is 18.5 Å². The first-order valence-electron chi connectivity index (χ1n) is 5.73. The lowest BCUT2D eigenvalue weighted by molar-refractivity contribution is -0.0798. The van der Waals surface area contributed by atoms with Gasteiger partial charge < -0.3 is 9.47 Å². The van der Waals surface area contributed by atoms with Crippen LogP contribution < -0.4 is 4.74 Å². The summed E-state index contributed by atoms with van der Waals surface area (Å²) in [4.78, 5) is 3.97. The van der Waals surface area contributed by atoms with Crippen LogP contribution in [0.25, 0.3) is 0 Å². The SMILES string of the molecule is CCCOC1C(Cl)CC1Oc1cncc(Cl)c1. The third-order valence-corrected chi connectivity index (χ3v) is 3.30. The highest BCUT2D eigenvalue weighted by molar-refractivity contribution is 6.30. The van der Waals surface area contributed by atoms with Gasteiger partial charge in [-0.3, -0.25) is 4.98 Å². The molecule has 94 valence electrons. The highest BCUT2D eigenvalue weighted by Gasteiger charge is 2.42. The fourth-order valence-electron chi connectivity index (χ4n) is 1.74. The Hall–Kier alpha value is -0.510. The number of pyridine rings is 1. The molecule has 0 radical (unpaired) electrons. The zero-order valence-electron chi connectivity index (χ0n) is 9.61. The summed E-state index contributed by atoms with van der Waals surface area (Å²) in [6, 6.07) is 1.74. The minimum Gasteiger partial charge on any atom is -0.486 e. The number of halogens is 2. The molecule has 1 aliphatic rings. The minimum atomic E-state index is -0.0319. The van der Waals surface area contributed by atoms with Crippen LogP contribution in [0.3, 0.4) is 0 Å². The normalized spacial score (nSPS) is 27.6. The summed E-state index contributed by atoms with van der Waals surface area (Å²) in [6.07, 6.45) is 4.96. The fourth-order valence-corrected chi connectivity index (χ4v) is 2.31. The van der Waals surface area contributed by atoms with Crippen molar-refractivity contribution in [2.75, 3.05) is 6.61 Å². The molecule has 0 aromatic carbocycles. The molecule has 3 unspecified atom stereocenters. The highest BCUT2D eigenvalue weighted by atomic mass is 35.5. The van der Waals surface area contributed by atoms with E-state index >= 15 is 0 Å². The van der Waals surface area contributed by atoms with Gasteiger partial charge >= 0.3 is 0 Å². The molecule has 2 rings (SSSR count). The second kappa shape index (κ2) is 5.89. The zero-order chi connectivity index (χ0) is 12.3. The van der Waals surface area contributed by atoms with Crippen molar-refractivity contribution in [3.8, 4) is 5.75 Å². The van der Waals surface area contributed by atoms with E-state index in [-0.39, 0.29) is 17.6 Å². The Kier molecular flexibility index (Phi) is 4.48. The van der Waals surface area contributed by atoms with Crippen LogP contribution in [0.2, 0.25) is 5.02 Å². The van der Waals surface area contributed by atoms with Crippen molar-refractivity contribution < 1.29 is 9.47 Å². The molecule has 0 amide bonds. The predicted octanol–water partition coefficient (Wildman–Crippen LogP) is 3.29. The van der Waals surface area contributed by atoms with Crippen molar-refractivity contribution in [1.29, 1.82) is 0 Å². The van der Waals surface area contributed by atoms with Gasteiger partial charge in [0.25, 0.3) is 0 Å². The molecule has 1 aliphatic carbocycles. The highest BCUT2D eigenvalue weighted by Crippen LogP contribution is 2.33. The van der Waals surface area contributed by atoms with Crippen LogP contribution in [0.5, 0.6) is 5.75 Å². The van der Waals surface area contributed by atoms with Crippen molar-refractivity contribution in [3.05, 3.63) is 23.5 Å². The number of nitrogens with zero attached hydrogens (tertiary/aromatic N) is 1. The molecule has 0 bridgehead atoms. The van der Waals surface area contributed by atoms with E-state index in [2.05, 4.69) is 11.9 Å². The van der Waals surface area contributed by atoms with Gasteiger partial charge in [-0.15, -0.1) is 11.6 Å². The monoisotopic (exact) mass is 275 g/mol. The Morgan fingerprint density at radius 3 is 2.94 bits per heavy atom. The van der Waals surface area contributed by atoms with E-state index in [1.165, 1.54) is 0 Å². The topological polar surface area (TPSA) is 31.4 Å². The molecule has 0 saturated heterocycles. The Morgan fingerprint density at radius 2 is 2.29 bits per heavy atom. The van der Waals surface area contributed by atoms with E-state index < -0.39 is 0 Å². The van der Waals surface area contributed by atoms with Gasteiger partial charge in [-0.25, -0.2) is 0 Å². The van der Waals surface area contributed by atoms with Crippen molar-refractivity contribution >= 4 is 23.2 Å². The smallest absolute Gasteiger partial charge is 0.139 e. The maximum absolute atomic E-state index is 6.10. The number of hydrogen-bond acceptors (Lipinski definition) is 3. The quantitative estimate of drug-likeness (QED) is 0.773. The first-order chi connectivity index (χ1) is 8.20. The Balaban J connectivity index is 1.91. The Bertz CT molecular complexity index is 375. The van der Waals surface area contributed by atoms with Gasteiger partial charge in [-0.05, 0) is 6.42 Å². The van der Waals surface area contributed by atoms with Crippen LogP contribution in [-0.4, -0.2) is 29.2 Å². The third kappa shape index (κ3) is 3.24. The average Bonchev–Trinajstić information content (AvgIpc) is 2.29. The number of rotatable bonds is 5. The van der Waals surface area contributed by atoms with E-state index in [9.17, 15) is 0 Å². The molecule has 17 heavy (non-hydrogen) atoms. The van der Waals surface area contributed by atoms with Gasteiger partial charge in [-0.2, -0.15) is 0 Å². The molecule has 0 spiro atoms. The minimum absolute atomic E-state index is 0.00400. The summed E-state index contributed by atoms with van der Waals surface area (Å²) >= 11 is 11.9. The molecule has 1 fully saturated rings. The standard InChI is InChI=1S/C12H15Cl2NO2/c1-2-3-16-12-10(14)5-11(12)17-9-4-8(13)6-15-7-9/h4,6-7,10-12H,2-3,5H2,1H3. The third-order valence-electron chi connectivity index (χ3n) is 2.66. The molecule has 3 nitrogen and oxygen atoms in total. The lowest BCUT2D eigenvalue weighted by atomic mass is 9.91. The Labute approximate surface area is 111 Å². The van der Waals surface area contributed by atoms with Gasteiger partial charge in [0.2, 0.25) is 0 Å². The number of ether oxygens (including phenoxy) is 2. The average molecular weight is 276 g/mol. The number of aromatic nitrogens is 1. The van der Waals surface area contributed by atoms with Crippen LogP contribution in [0, 0.1) is 0 Å². The van der Waals surface area contributed by atoms with Crippen molar-refractivity contribution in [2.24, 2.45) is 0 Å². The zero-order valence-corrected chi connectivity index (χ0v) is 11.1. The number of hydrogen-bond donors (Lipinski definition) is 0. The molecule has 1 heterocycles. The van der Waals surface area contributed by atoms with Gasteiger partial charge in [0.05, 0.1) is 16.6 Å². The Morgan fingerprint density at radius 1 is 1.47 bits per heavy atom. The maximum Gasteiger partial charge on any atom is 0.139 e. The molecule has 1 aromatic rings. The van der Waals surface area contributed by atoms with Gasteiger partial charge in [0.1, 0.15) is 18.0 Å². The van der Waals surface area contributed by atoms with E-state index in [0.717, 1.165) is 12.8 Å². The first-order valence-corrected chi connectivity index (χ1v) is 6.55. The lowest BCUT2D eigenvalue weighted by Crippen LogP contribution is -2.52. The van der Waals surface area contributed by atoms with Crippen LogP contribution in [-0.2, 0) is 4.74 Å². The van der Waals surface area contributed by atoms with Crippen LogP contribution in [0.1, 0.15) is 19.8 Å². The van der Waals surface area contributed by atoms with Gasteiger partial charge in [0.15, 0.2) is 0 Å². The molecular formula is C12H15Cl2NO2. The summed E-state index contributed by atoms with van der Waals surface area (Å²) in [5.74, 6) is 0.663. The largest absolute Gasteiger partial charge is 0.486 e. The van der Waals surface area contributed by atoms with Gasteiger partial charge in [-0.1, -0.05) is 18.5 Å². The van der Waals surface area contributed by atoms with Crippen LogP contribution >= 0.6 is 23.2 Å². The first kappa shape index (κ1) is 12.9. The summed E-state index contributed by atoms with van der Waals surface area (Å²) < 4.78 is 11.4. The van der Waals surface area contributed by atoms with Gasteiger partial charge in [0, 0.05) is 25.3 Å². The molecule has 0 N–H and O–H groups in total. The second-order valence-corrected chi connectivity index (χ2v) is 5.08. The van der Waals surface area contributed by atoms with Crippen molar-refractivity contribution in [3.63, 3.8) is 0 Å². The summed E-state index contributed by atoms with van der Waals surface area (Å²) in [5, 5.41) is 0.606. The van der Waals surface area contributed by atoms with E-state index in [4.69, 9.17) is 32.7 Å². The van der Waals surface area contributed by atoms with E-state index in [1.807, 2.05) is 0 Å². The van der Waals surface area contributed by atoms with Crippen molar-refractivity contribution in [2.45, 2.75) is 37.4 Å². The van der Waals surface area contributed by atoms with Crippen LogP contribution in [0.4, 0.5) is 0 Å². The second-order valence-electron chi connectivity index (χ2n) is 4.08. The fraction of sp³-hybridized carbons (Fsp3) is 0.583. The summed E-state index contributed by atoms with van der Waals surface area (Å²) in [6.45, 7) is 2.78. The molecule has 5 heteroatoms. The summed E-state index contributed by atoms with van der Waals surface area (Å²) in [5.41, 5.74) is 0. The molecular weight excluding hydrogens is 261 g/mol. The molecule has 1 saturated carbocycles. The predicted molar refractivity (Wildman–Crippen MR) is 68.0 cm³/mol. The molecule has 0 aliphatic heterocycles. The molecule has 3 atom stereocenters. The molecule has 1 aromatic heterocycles. The maximum atomic E-state index is 6.10. The van der Waals surface area contributed by atoms with E-state index in [0.29, 0.717) is 17.4 Å². The van der Waals surface area contributed by atoms with Crippen LogP contribution in [0.15, 0.2) is 18.5 Å². The van der Waals surface area contributed by atoms with Crippen molar-refractivity contribution in [1.82, 2.24) is 4.98 Å².